The lowest BCUT2D eigenvalue weighted by Gasteiger charge is -2.12. The van der Waals surface area contributed by atoms with Crippen LogP contribution in [0.5, 0.6) is 0 Å². The highest BCUT2D eigenvalue weighted by Crippen LogP contribution is 2.10. The van der Waals surface area contributed by atoms with Crippen LogP contribution in [0.25, 0.3) is 0 Å². The first-order valence-electron chi connectivity index (χ1n) is 6.21. The van der Waals surface area contributed by atoms with Gasteiger partial charge in [0.05, 0.1) is 6.54 Å². The van der Waals surface area contributed by atoms with Gasteiger partial charge in [-0.05, 0) is 36.9 Å². The van der Waals surface area contributed by atoms with E-state index in [0.717, 1.165) is 23.7 Å². The quantitative estimate of drug-likeness (QED) is 0.766. The Morgan fingerprint density at radius 3 is 2.37 bits per heavy atom. The molecule has 0 radical (unpaired) electrons. The van der Waals surface area contributed by atoms with Crippen LogP contribution in [0, 0.1) is 11.8 Å². The van der Waals surface area contributed by atoms with Gasteiger partial charge in [-0.1, -0.05) is 53.8 Å². The molecule has 2 heteroatoms. The first-order chi connectivity index (χ1) is 9.24. The van der Waals surface area contributed by atoms with Crippen LogP contribution in [0.15, 0.2) is 54.6 Å². The molecule has 96 valence electrons. The monoisotopic (exact) mass is 269 g/mol. The molecular formula is C17H16ClN. The second-order valence-corrected chi connectivity index (χ2v) is 4.90. The minimum Gasteiger partial charge on any atom is -0.291 e. The lowest BCUT2D eigenvalue weighted by atomic mass is 10.2. The number of halogens is 1. The van der Waals surface area contributed by atoms with Gasteiger partial charge < -0.3 is 0 Å². The van der Waals surface area contributed by atoms with E-state index in [1.807, 2.05) is 54.6 Å². The van der Waals surface area contributed by atoms with Crippen LogP contribution in [-0.4, -0.2) is 18.5 Å². The highest BCUT2D eigenvalue weighted by atomic mass is 35.5. The van der Waals surface area contributed by atoms with Crippen molar-refractivity contribution < 1.29 is 0 Å². The molecule has 0 heterocycles. The molecule has 2 rings (SSSR count). The van der Waals surface area contributed by atoms with Gasteiger partial charge in [-0.3, -0.25) is 4.90 Å². The van der Waals surface area contributed by atoms with Gasteiger partial charge in [0.2, 0.25) is 0 Å². The van der Waals surface area contributed by atoms with Gasteiger partial charge >= 0.3 is 0 Å². The molecule has 0 aliphatic rings. The van der Waals surface area contributed by atoms with Crippen LogP contribution in [-0.2, 0) is 6.54 Å². The predicted octanol–water partition coefficient (Wildman–Crippen LogP) is 3.82. The van der Waals surface area contributed by atoms with Crippen LogP contribution < -0.4 is 0 Å². The van der Waals surface area contributed by atoms with E-state index in [2.05, 4.69) is 23.8 Å². The smallest absolute Gasteiger partial charge is 0.0605 e. The van der Waals surface area contributed by atoms with Crippen molar-refractivity contribution >= 4 is 11.6 Å². The molecule has 0 atom stereocenters. The summed E-state index contributed by atoms with van der Waals surface area (Å²) in [7, 11) is 2.06. The topological polar surface area (TPSA) is 3.24 Å². The SMILES string of the molecule is CN(CC#Cc1ccccc1)Cc1ccc(Cl)cc1. The fourth-order valence-corrected chi connectivity index (χ4v) is 1.88. The molecule has 0 aromatic heterocycles. The molecule has 0 unspecified atom stereocenters. The van der Waals surface area contributed by atoms with Crippen molar-refractivity contribution in [3.63, 3.8) is 0 Å². The average molecular weight is 270 g/mol. The summed E-state index contributed by atoms with van der Waals surface area (Å²) in [4.78, 5) is 2.18. The van der Waals surface area contributed by atoms with Crippen molar-refractivity contribution in [2.45, 2.75) is 6.54 Å². The van der Waals surface area contributed by atoms with E-state index >= 15 is 0 Å². The lowest BCUT2D eigenvalue weighted by Crippen LogP contribution is -2.17. The Morgan fingerprint density at radius 1 is 1.00 bits per heavy atom. The average Bonchev–Trinajstić information content (AvgIpc) is 2.43. The minimum atomic E-state index is 0.748. The highest BCUT2D eigenvalue weighted by molar-refractivity contribution is 6.30. The second-order valence-electron chi connectivity index (χ2n) is 4.47. The Kier molecular flexibility index (Phi) is 5.03. The molecule has 0 bridgehead atoms. The van der Waals surface area contributed by atoms with E-state index in [9.17, 15) is 0 Å². The maximum atomic E-state index is 5.86. The van der Waals surface area contributed by atoms with Crippen LogP contribution in [0.1, 0.15) is 11.1 Å². The maximum absolute atomic E-state index is 5.86. The number of benzene rings is 2. The first kappa shape index (κ1) is 13.7. The predicted molar refractivity (Wildman–Crippen MR) is 81.1 cm³/mol. The van der Waals surface area contributed by atoms with Crippen molar-refractivity contribution in [1.29, 1.82) is 0 Å². The van der Waals surface area contributed by atoms with Gasteiger partial charge in [-0.2, -0.15) is 0 Å². The second kappa shape index (κ2) is 6.99. The normalized spacial score (nSPS) is 10.1. The van der Waals surface area contributed by atoms with Crippen molar-refractivity contribution in [2.75, 3.05) is 13.6 Å². The van der Waals surface area contributed by atoms with Crippen LogP contribution in [0.4, 0.5) is 0 Å². The van der Waals surface area contributed by atoms with Crippen LogP contribution in [0.3, 0.4) is 0 Å². The van der Waals surface area contributed by atoms with E-state index < -0.39 is 0 Å². The zero-order chi connectivity index (χ0) is 13.5. The van der Waals surface area contributed by atoms with E-state index in [1.165, 1.54) is 5.56 Å². The summed E-state index contributed by atoms with van der Waals surface area (Å²) < 4.78 is 0. The van der Waals surface area contributed by atoms with Gasteiger partial charge in [-0.25, -0.2) is 0 Å². The third kappa shape index (κ3) is 4.79. The summed E-state index contributed by atoms with van der Waals surface area (Å²) in [5.74, 6) is 6.34. The van der Waals surface area contributed by atoms with Gasteiger partial charge in [0.25, 0.3) is 0 Å². The van der Waals surface area contributed by atoms with Crippen LogP contribution in [0.2, 0.25) is 5.02 Å². The Hall–Kier alpha value is -1.75. The van der Waals surface area contributed by atoms with Crippen LogP contribution >= 0.6 is 11.6 Å². The molecule has 1 nitrogen and oxygen atoms in total. The molecular weight excluding hydrogens is 254 g/mol. The Labute approximate surface area is 119 Å². The molecule has 2 aromatic rings. The minimum absolute atomic E-state index is 0.748. The van der Waals surface area contributed by atoms with Gasteiger partial charge in [-0.15, -0.1) is 0 Å². The van der Waals surface area contributed by atoms with Crippen molar-refractivity contribution in [3.05, 3.63) is 70.7 Å². The molecule has 2 aromatic carbocycles. The maximum Gasteiger partial charge on any atom is 0.0605 e. The Bertz CT molecular complexity index is 564. The summed E-state index contributed by atoms with van der Waals surface area (Å²) in [5.41, 5.74) is 2.30. The van der Waals surface area contributed by atoms with Gasteiger partial charge in [0.1, 0.15) is 0 Å². The van der Waals surface area contributed by atoms with E-state index in [-0.39, 0.29) is 0 Å². The van der Waals surface area contributed by atoms with Gasteiger partial charge in [0, 0.05) is 17.1 Å². The zero-order valence-corrected chi connectivity index (χ0v) is 11.7. The Morgan fingerprint density at radius 2 is 1.68 bits per heavy atom. The molecule has 0 saturated heterocycles. The van der Waals surface area contributed by atoms with E-state index in [1.54, 1.807) is 0 Å². The third-order valence-electron chi connectivity index (χ3n) is 2.72. The standard InChI is InChI=1S/C17H16ClN/c1-19(14-16-9-11-17(18)12-10-16)13-5-8-15-6-3-2-4-7-15/h2-4,6-7,9-12H,13-14H2,1H3. The molecule has 0 spiro atoms. The fraction of sp³-hybridized carbons (Fsp3) is 0.176. The molecule has 0 saturated carbocycles. The Balaban J connectivity index is 1.87. The molecule has 0 aliphatic carbocycles. The fourth-order valence-electron chi connectivity index (χ4n) is 1.76. The summed E-state index contributed by atoms with van der Waals surface area (Å²) in [6.45, 7) is 1.62. The van der Waals surface area contributed by atoms with Gasteiger partial charge in [0.15, 0.2) is 0 Å². The summed E-state index contributed by atoms with van der Waals surface area (Å²) in [5, 5.41) is 0.773. The number of hydrogen-bond donors (Lipinski definition) is 0. The molecule has 0 amide bonds. The zero-order valence-electron chi connectivity index (χ0n) is 10.9. The third-order valence-corrected chi connectivity index (χ3v) is 2.97. The molecule has 0 N–H and O–H groups in total. The largest absolute Gasteiger partial charge is 0.291 e. The summed E-state index contributed by atoms with van der Waals surface area (Å²) >= 11 is 5.86. The lowest BCUT2D eigenvalue weighted by molar-refractivity contribution is 0.369. The number of hydrogen-bond acceptors (Lipinski definition) is 1. The molecule has 19 heavy (non-hydrogen) atoms. The van der Waals surface area contributed by atoms with E-state index in [4.69, 9.17) is 11.6 Å². The number of nitrogens with zero attached hydrogens (tertiary/aromatic N) is 1. The highest BCUT2D eigenvalue weighted by Gasteiger charge is 1.98. The van der Waals surface area contributed by atoms with E-state index in [0.29, 0.717) is 0 Å². The van der Waals surface area contributed by atoms with Crippen molar-refractivity contribution in [1.82, 2.24) is 4.90 Å². The van der Waals surface area contributed by atoms with Crippen molar-refractivity contribution in [2.24, 2.45) is 0 Å². The summed E-state index contributed by atoms with van der Waals surface area (Å²) in [6, 6.07) is 18.0. The molecule has 0 aliphatic heterocycles. The first-order valence-corrected chi connectivity index (χ1v) is 6.59. The summed E-state index contributed by atoms with van der Waals surface area (Å²) in [6.07, 6.45) is 0. The molecule has 0 fully saturated rings. The van der Waals surface area contributed by atoms with Crippen molar-refractivity contribution in [3.8, 4) is 11.8 Å². The number of rotatable bonds is 3.